The normalized spacial score (nSPS) is 25.6. The Kier molecular flexibility index (Phi) is 2.82. The van der Waals surface area contributed by atoms with Gasteiger partial charge >= 0.3 is 0 Å². The molecule has 0 radical (unpaired) electrons. The summed E-state index contributed by atoms with van der Waals surface area (Å²) in [7, 11) is 0. The summed E-state index contributed by atoms with van der Waals surface area (Å²) in [6.45, 7) is 1.77. The number of nitrogens with zero attached hydrogens (tertiary/aromatic N) is 1. The van der Waals surface area contributed by atoms with Crippen LogP contribution in [0.2, 0.25) is 0 Å². The van der Waals surface area contributed by atoms with Gasteiger partial charge in [0.25, 0.3) is 0 Å². The van der Waals surface area contributed by atoms with E-state index < -0.39 is 0 Å². The minimum Gasteiger partial charge on any atom is -0.381 e. The quantitative estimate of drug-likeness (QED) is 0.721. The van der Waals surface area contributed by atoms with Crippen LogP contribution in [0.5, 0.6) is 0 Å². The monoisotopic (exact) mass is 279 g/mol. The summed E-state index contributed by atoms with van der Waals surface area (Å²) in [5.74, 6) is 0.603. The first-order valence-electron chi connectivity index (χ1n) is 5.77. The fourth-order valence-corrected chi connectivity index (χ4v) is 2.80. The first-order valence-corrected chi connectivity index (χ1v) is 6.57. The summed E-state index contributed by atoms with van der Waals surface area (Å²) in [4.78, 5) is 4.76. The fourth-order valence-electron chi connectivity index (χ4n) is 2.39. The van der Waals surface area contributed by atoms with Gasteiger partial charge in [-0.15, -0.1) is 0 Å². The van der Waals surface area contributed by atoms with Gasteiger partial charge in [-0.05, 0) is 30.6 Å². The van der Waals surface area contributed by atoms with Crippen molar-refractivity contribution < 1.29 is 4.74 Å². The van der Waals surface area contributed by atoms with Crippen LogP contribution in [0.1, 0.15) is 19.3 Å². The third kappa shape index (κ3) is 1.94. The van der Waals surface area contributed by atoms with E-state index in [1.165, 1.54) is 21.5 Å². The topological polar surface area (TPSA) is 21.6 Å². The van der Waals surface area contributed by atoms with Gasteiger partial charge < -0.3 is 4.74 Å². The van der Waals surface area contributed by atoms with Crippen molar-refractivity contribution >= 4 is 21.6 Å². The molecule has 0 bridgehead atoms. The van der Waals surface area contributed by atoms with E-state index in [1.54, 1.807) is 0 Å². The van der Waals surface area contributed by atoms with Gasteiger partial charge in [-0.1, -0.05) is 22.0 Å². The number of hydrogen-bond donors (Lipinski definition) is 0. The number of ether oxygens (including phenoxy) is 1. The molecule has 2 nitrogen and oxygen atoms in total. The summed E-state index contributed by atoms with van der Waals surface area (Å²) in [6.07, 6.45) is 9.77. The summed E-state index contributed by atoms with van der Waals surface area (Å²) in [5, 5.41) is 0. The van der Waals surface area contributed by atoms with Crippen molar-refractivity contribution in [3.63, 3.8) is 0 Å². The van der Waals surface area contributed by atoms with Crippen LogP contribution in [0, 0.1) is 5.92 Å². The van der Waals surface area contributed by atoms with Crippen LogP contribution in [0.15, 0.2) is 39.0 Å². The van der Waals surface area contributed by atoms with Crippen LogP contribution < -0.4 is 0 Å². The lowest BCUT2D eigenvalue weighted by molar-refractivity contribution is 0.0756. The number of fused-ring (bicyclic) bond motifs is 1. The van der Waals surface area contributed by atoms with E-state index in [-0.39, 0.29) is 0 Å². The molecule has 0 amide bonds. The van der Waals surface area contributed by atoms with Crippen molar-refractivity contribution in [2.24, 2.45) is 10.9 Å². The van der Waals surface area contributed by atoms with E-state index in [2.05, 4.69) is 34.2 Å². The highest BCUT2D eigenvalue weighted by molar-refractivity contribution is 9.11. The third-order valence-corrected chi connectivity index (χ3v) is 3.88. The van der Waals surface area contributed by atoms with Crippen LogP contribution >= 0.6 is 15.9 Å². The SMILES string of the molecule is BrC1=CCC2=NC(C3CCOCC3)=CC2=C1. The summed E-state index contributed by atoms with van der Waals surface area (Å²) in [5.41, 5.74) is 3.78. The van der Waals surface area contributed by atoms with E-state index in [4.69, 9.17) is 9.73 Å². The number of aliphatic imine (C=N–C) groups is 1. The summed E-state index contributed by atoms with van der Waals surface area (Å²) < 4.78 is 6.56. The van der Waals surface area contributed by atoms with Crippen LogP contribution in [0.25, 0.3) is 0 Å². The van der Waals surface area contributed by atoms with Crippen molar-refractivity contribution in [2.45, 2.75) is 19.3 Å². The molecule has 2 heterocycles. The van der Waals surface area contributed by atoms with E-state index in [0.717, 1.165) is 32.5 Å². The molecule has 3 heteroatoms. The van der Waals surface area contributed by atoms with Gasteiger partial charge in [-0.3, -0.25) is 4.99 Å². The maximum atomic E-state index is 5.39. The van der Waals surface area contributed by atoms with Gasteiger partial charge in [0.2, 0.25) is 0 Å². The van der Waals surface area contributed by atoms with E-state index >= 15 is 0 Å². The van der Waals surface area contributed by atoms with E-state index in [0.29, 0.717) is 5.92 Å². The largest absolute Gasteiger partial charge is 0.381 e. The Balaban J connectivity index is 1.82. The highest BCUT2D eigenvalue weighted by atomic mass is 79.9. The average Bonchev–Trinajstić information content (AvgIpc) is 2.73. The first kappa shape index (κ1) is 10.5. The lowest BCUT2D eigenvalue weighted by atomic mass is 9.96. The predicted molar refractivity (Wildman–Crippen MR) is 68.8 cm³/mol. The van der Waals surface area contributed by atoms with Crippen molar-refractivity contribution in [2.75, 3.05) is 13.2 Å². The molecule has 0 atom stereocenters. The minimum atomic E-state index is 0.603. The minimum absolute atomic E-state index is 0.603. The zero-order chi connectivity index (χ0) is 11.0. The molecule has 1 aliphatic carbocycles. The Hall–Kier alpha value is -0.670. The van der Waals surface area contributed by atoms with Crippen LogP contribution in [0.4, 0.5) is 0 Å². The molecule has 0 N–H and O–H groups in total. The Bertz CT molecular complexity index is 425. The van der Waals surface area contributed by atoms with Crippen molar-refractivity contribution in [1.82, 2.24) is 0 Å². The molecule has 2 aliphatic heterocycles. The lowest BCUT2D eigenvalue weighted by Crippen LogP contribution is -2.16. The van der Waals surface area contributed by atoms with Gasteiger partial charge in [0, 0.05) is 35.7 Å². The van der Waals surface area contributed by atoms with Gasteiger partial charge in [-0.2, -0.15) is 0 Å². The highest BCUT2D eigenvalue weighted by Gasteiger charge is 2.24. The molecular formula is C13H14BrNO. The molecule has 0 unspecified atom stereocenters. The predicted octanol–water partition coefficient (Wildman–Crippen LogP) is 3.36. The van der Waals surface area contributed by atoms with Crippen LogP contribution in [-0.2, 0) is 4.74 Å². The molecule has 84 valence electrons. The Morgan fingerprint density at radius 2 is 2.06 bits per heavy atom. The summed E-state index contributed by atoms with van der Waals surface area (Å²) >= 11 is 3.52. The molecule has 0 aromatic rings. The standard InChI is InChI=1S/C13H14BrNO/c14-11-1-2-12-10(7-11)8-13(15-12)9-3-5-16-6-4-9/h1,7-9H,2-6H2. The molecule has 0 aromatic carbocycles. The van der Waals surface area contributed by atoms with Crippen molar-refractivity contribution in [3.8, 4) is 0 Å². The lowest BCUT2D eigenvalue weighted by Gasteiger charge is -2.21. The maximum absolute atomic E-state index is 5.39. The Labute approximate surface area is 104 Å². The number of hydrogen-bond acceptors (Lipinski definition) is 2. The molecule has 0 spiro atoms. The smallest absolute Gasteiger partial charge is 0.0518 e. The third-order valence-electron chi connectivity index (χ3n) is 3.32. The zero-order valence-corrected chi connectivity index (χ0v) is 10.7. The van der Waals surface area contributed by atoms with Crippen LogP contribution in [-0.4, -0.2) is 18.9 Å². The molecule has 0 saturated carbocycles. The maximum Gasteiger partial charge on any atom is 0.0518 e. The Morgan fingerprint density at radius 1 is 1.25 bits per heavy atom. The van der Waals surface area contributed by atoms with Crippen LogP contribution in [0.3, 0.4) is 0 Å². The molecule has 0 aromatic heterocycles. The first-order chi connectivity index (χ1) is 7.83. The van der Waals surface area contributed by atoms with Gasteiger partial charge in [0.05, 0.1) is 5.71 Å². The van der Waals surface area contributed by atoms with E-state index in [1.807, 2.05) is 0 Å². The second kappa shape index (κ2) is 4.30. The zero-order valence-electron chi connectivity index (χ0n) is 9.08. The van der Waals surface area contributed by atoms with Gasteiger partial charge in [-0.25, -0.2) is 0 Å². The molecule has 1 saturated heterocycles. The van der Waals surface area contributed by atoms with E-state index in [9.17, 15) is 0 Å². The van der Waals surface area contributed by atoms with Crippen molar-refractivity contribution in [1.29, 1.82) is 0 Å². The highest BCUT2D eigenvalue weighted by Crippen LogP contribution is 2.33. The molecule has 16 heavy (non-hydrogen) atoms. The number of rotatable bonds is 1. The molecule has 1 fully saturated rings. The average molecular weight is 280 g/mol. The van der Waals surface area contributed by atoms with Crippen molar-refractivity contribution in [3.05, 3.63) is 34.0 Å². The second-order valence-electron chi connectivity index (χ2n) is 4.41. The van der Waals surface area contributed by atoms with Gasteiger partial charge in [0.1, 0.15) is 0 Å². The van der Waals surface area contributed by atoms with Gasteiger partial charge in [0.15, 0.2) is 0 Å². The number of halogens is 1. The molecular weight excluding hydrogens is 266 g/mol. The number of allylic oxidation sites excluding steroid dienone is 6. The summed E-state index contributed by atoms with van der Waals surface area (Å²) in [6, 6.07) is 0. The Morgan fingerprint density at radius 3 is 2.88 bits per heavy atom. The fraction of sp³-hybridized carbons (Fsp3) is 0.462. The molecule has 3 rings (SSSR count). The second-order valence-corrected chi connectivity index (χ2v) is 5.32. The molecule has 3 aliphatic rings.